The van der Waals surface area contributed by atoms with Gasteiger partial charge in [0.25, 0.3) is 0 Å². The lowest BCUT2D eigenvalue weighted by Crippen LogP contribution is -2.01. The van der Waals surface area contributed by atoms with E-state index in [0.717, 1.165) is 22.6 Å². The van der Waals surface area contributed by atoms with Crippen LogP contribution in [0.3, 0.4) is 0 Å². The average Bonchev–Trinajstić information content (AvgIpc) is 2.90. The number of hydrogen-bond donors (Lipinski definition) is 0. The second-order valence-electron chi connectivity index (χ2n) is 5.10. The summed E-state index contributed by atoms with van der Waals surface area (Å²) in [6, 6.07) is 19.6. The van der Waals surface area contributed by atoms with Crippen molar-refractivity contribution >= 4 is 10.8 Å². The number of aromatic nitrogens is 1. The largest absolute Gasteiger partial charge is 0.441 e. The van der Waals surface area contributed by atoms with Crippen molar-refractivity contribution in [3.8, 4) is 11.5 Å². The summed E-state index contributed by atoms with van der Waals surface area (Å²) in [4.78, 5) is 4.50. The zero-order valence-electron chi connectivity index (χ0n) is 12.4. The molecule has 3 nitrogen and oxygen atoms in total. The minimum absolute atomic E-state index is 0.414. The van der Waals surface area contributed by atoms with Crippen LogP contribution in [0.15, 0.2) is 65.1 Å². The molecule has 0 N–H and O–H groups in total. The predicted octanol–water partition coefficient (Wildman–Crippen LogP) is 4.10. The fourth-order valence-electron chi connectivity index (χ4n) is 2.23. The third-order valence-corrected chi connectivity index (χ3v) is 4.63. The van der Waals surface area contributed by atoms with Gasteiger partial charge in [-0.1, -0.05) is 48.5 Å². The smallest absolute Gasteiger partial charge is 0.226 e. The number of aryl methyl sites for hydroxylation is 1. The van der Waals surface area contributed by atoms with Gasteiger partial charge in [0.15, 0.2) is 0 Å². The molecule has 3 rings (SSSR count). The van der Waals surface area contributed by atoms with Gasteiger partial charge in [-0.15, -0.1) is 0 Å². The molecule has 0 bridgehead atoms. The van der Waals surface area contributed by atoms with Gasteiger partial charge >= 0.3 is 0 Å². The van der Waals surface area contributed by atoms with Crippen LogP contribution in [0.25, 0.3) is 11.5 Å². The molecule has 112 valence electrons. The second-order valence-corrected chi connectivity index (χ2v) is 6.56. The second kappa shape index (κ2) is 6.71. The van der Waals surface area contributed by atoms with E-state index in [1.807, 2.05) is 67.6 Å². The fraction of sp³-hybridized carbons (Fsp3) is 0.167. The van der Waals surface area contributed by atoms with E-state index in [9.17, 15) is 4.21 Å². The van der Waals surface area contributed by atoms with Crippen molar-refractivity contribution in [3.63, 3.8) is 0 Å². The normalized spacial score (nSPS) is 12.2. The van der Waals surface area contributed by atoms with Crippen molar-refractivity contribution in [2.24, 2.45) is 0 Å². The summed E-state index contributed by atoms with van der Waals surface area (Å²) in [5, 5.41) is 0. The zero-order valence-corrected chi connectivity index (χ0v) is 13.2. The van der Waals surface area contributed by atoms with Gasteiger partial charge in [-0.05, 0) is 24.6 Å². The van der Waals surface area contributed by atoms with Crippen LogP contribution in [-0.4, -0.2) is 9.19 Å². The molecule has 4 heteroatoms. The van der Waals surface area contributed by atoms with Crippen molar-refractivity contribution in [1.29, 1.82) is 0 Å². The Kier molecular flexibility index (Phi) is 4.49. The molecule has 1 heterocycles. The summed E-state index contributed by atoms with van der Waals surface area (Å²) in [5.41, 5.74) is 2.78. The molecule has 0 saturated carbocycles. The van der Waals surface area contributed by atoms with Crippen LogP contribution in [0.1, 0.15) is 17.0 Å². The molecule has 0 aliphatic rings. The number of hydrogen-bond acceptors (Lipinski definition) is 3. The lowest BCUT2D eigenvalue weighted by molar-refractivity contribution is 0.540. The van der Waals surface area contributed by atoms with E-state index in [1.54, 1.807) is 0 Å². The summed E-state index contributed by atoms with van der Waals surface area (Å²) >= 11 is 0. The molecular weight excluding hydrogens is 294 g/mol. The molecule has 1 atom stereocenters. The quantitative estimate of drug-likeness (QED) is 0.712. The summed E-state index contributed by atoms with van der Waals surface area (Å²) < 4.78 is 18.0. The van der Waals surface area contributed by atoms with Gasteiger partial charge in [0.1, 0.15) is 5.76 Å². The summed E-state index contributed by atoms with van der Waals surface area (Å²) in [7, 11) is -0.998. The van der Waals surface area contributed by atoms with E-state index < -0.39 is 10.8 Å². The van der Waals surface area contributed by atoms with E-state index in [1.165, 1.54) is 0 Å². The number of benzene rings is 2. The first-order valence-electron chi connectivity index (χ1n) is 7.13. The number of nitrogens with zero attached hydrogens (tertiary/aromatic N) is 1. The van der Waals surface area contributed by atoms with Crippen LogP contribution in [0, 0.1) is 6.92 Å². The van der Waals surface area contributed by atoms with Crippen molar-refractivity contribution < 1.29 is 8.63 Å². The SMILES string of the molecule is Cc1oc(-c2ccccc2)nc1CS(=O)Cc1ccccc1. The highest BCUT2D eigenvalue weighted by Crippen LogP contribution is 2.22. The first-order chi connectivity index (χ1) is 10.7. The summed E-state index contributed by atoms with van der Waals surface area (Å²) in [6.07, 6.45) is 0. The fourth-order valence-corrected chi connectivity index (χ4v) is 3.47. The molecule has 0 spiro atoms. The standard InChI is InChI=1S/C18H17NO2S/c1-14-17(13-22(20)12-15-8-4-2-5-9-15)19-18(21-14)16-10-6-3-7-11-16/h2-11H,12-13H2,1H3. The maximum absolute atomic E-state index is 12.3. The van der Waals surface area contributed by atoms with E-state index >= 15 is 0 Å². The summed E-state index contributed by atoms with van der Waals surface area (Å²) in [5.74, 6) is 2.27. The lowest BCUT2D eigenvalue weighted by atomic mass is 10.2. The molecule has 22 heavy (non-hydrogen) atoms. The van der Waals surface area contributed by atoms with Gasteiger partial charge in [0, 0.05) is 22.1 Å². The van der Waals surface area contributed by atoms with Crippen LogP contribution in [0.4, 0.5) is 0 Å². The number of oxazole rings is 1. The molecule has 0 fully saturated rings. The molecule has 2 aromatic carbocycles. The Bertz CT molecular complexity index is 766. The molecule has 0 aliphatic heterocycles. The Labute approximate surface area is 132 Å². The van der Waals surface area contributed by atoms with Crippen LogP contribution < -0.4 is 0 Å². The van der Waals surface area contributed by atoms with Gasteiger partial charge in [0.2, 0.25) is 5.89 Å². The Balaban J connectivity index is 1.73. The third kappa shape index (κ3) is 3.52. The Morgan fingerprint density at radius 2 is 1.59 bits per heavy atom. The molecule has 1 unspecified atom stereocenters. The topological polar surface area (TPSA) is 43.1 Å². The molecule has 3 aromatic rings. The Morgan fingerprint density at radius 1 is 0.955 bits per heavy atom. The maximum atomic E-state index is 12.3. The van der Waals surface area contributed by atoms with Crippen LogP contribution in [0.5, 0.6) is 0 Å². The maximum Gasteiger partial charge on any atom is 0.226 e. The van der Waals surface area contributed by atoms with Crippen molar-refractivity contribution in [2.45, 2.75) is 18.4 Å². The van der Waals surface area contributed by atoms with E-state index in [-0.39, 0.29) is 0 Å². The van der Waals surface area contributed by atoms with E-state index in [0.29, 0.717) is 17.4 Å². The summed E-state index contributed by atoms with van der Waals surface area (Å²) in [6.45, 7) is 1.87. The van der Waals surface area contributed by atoms with E-state index in [4.69, 9.17) is 4.42 Å². The predicted molar refractivity (Wildman–Crippen MR) is 88.7 cm³/mol. The Hall–Kier alpha value is -2.20. The van der Waals surface area contributed by atoms with Crippen molar-refractivity contribution in [1.82, 2.24) is 4.98 Å². The third-order valence-electron chi connectivity index (χ3n) is 3.38. The van der Waals surface area contributed by atoms with Crippen molar-refractivity contribution in [2.75, 3.05) is 0 Å². The number of rotatable bonds is 5. The monoisotopic (exact) mass is 311 g/mol. The molecule has 0 amide bonds. The average molecular weight is 311 g/mol. The van der Waals surface area contributed by atoms with Gasteiger partial charge in [-0.2, -0.15) is 0 Å². The highest BCUT2D eigenvalue weighted by molar-refractivity contribution is 7.83. The molecule has 0 aliphatic carbocycles. The van der Waals surface area contributed by atoms with Gasteiger partial charge < -0.3 is 4.42 Å². The molecule has 1 aromatic heterocycles. The molecule has 0 radical (unpaired) electrons. The van der Waals surface area contributed by atoms with Crippen LogP contribution >= 0.6 is 0 Å². The lowest BCUT2D eigenvalue weighted by Gasteiger charge is -2.00. The Morgan fingerprint density at radius 3 is 2.27 bits per heavy atom. The van der Waals surface area contributed by atoms with Gasteiger partial charge in [-0.3, -0.25) is 4.21 Å². The van der Waals surface area contributed by atoms with Crippen LogP contribution in [-0.2, 0) is 22.3 Å². The van der Waals surface area contributed by atoms with Gasteiger partial charge in [0.05, 0.1) is 11.4 Å². The molecular formula is C18H17NO2S. The first-order valence-corrected chi connectivity index (χ1v) is 8.62. The van der Waals surface area contributed by atoms with Crippen molar-refractivity contribution in [3.05, 3.63) is 77.7 Å². The van der Waals surface area contributed by atoms with Gasteiger partial charge in [-0.25, -0.2) is 4.98 Å². The minimum Gasteiger partial charge on any atom is -0.441 e. The van der Waals surface area contributed by atoms with E-state index in [2.05, 4.69) is 4.98 Å². The first kappa shape index (κ1) is 14.7. The van der Waals surface area contributed by atoms with Crippen LogP contribution in [0.2, 0.25) is 0 Å². The highest BCUT2D eigenvalue weighted by Gasteiger charge is 2.14. The minimum atomic E-state index is -0.998. The zero-order chi connectivity index (χ0) is 15.4. The molecule has 0 saturated heterocycles. The highest BCUT2D eigenvalue weighted by atomic mass is 32.2.